The molecule has 0 saturated carbocycles. The Balaban J connectivity index is 1.30. The average molecular weight is 609 g/mol. The molecule has 5 rings (SSSR count). The van der Waals surface area contributed by atoms with Crippen LogP contribution in [0.3, 0.4) is 0 Å². The summed E-state index contributed by atoms with van der Waals surface area (Å²) in [7, 11) is 1.38. The highest BCUT2D eigenvalue weighted by molar-refractivity contribution is 5.87. The van der Waals surface area contributed by atoms with E-state index in [1.54, 1.807) is 6.07 Å². The Morgan fingerprint density at radius 1 is 0.909 bits per heavy atom. The van der Waals surface area contributed by atoms with Gasteiger partial charge in [0.2, 0.25) is 6.29 Å². The topological polar surface area (TPSA) is 206 Å². The van der Waals surface area contributed by atoms with Gasteiger partial charge in [-0.05, 0) is 48.0 Å². The van der Waals surface area contributed by atoms with Gasteiger partial charge in [-0.3, -0.25) is 4.79 Å². The first-order valence-corrected chi connectivity index (χ1v) is 13.2. The van der Waals surface area contributed by atoms with Crippen LogP contribution in [0.1, 0.15) is 5.56 Å². The maximum Gasteiger partial charge on any atom is 0.330 e. The summed E-state index contributed by atoms with van der Waals surface area (Å²) in [4.78, 5) is 25.0. The number of hydrogen-bond acceptors (Lipinski definition) is 13. The zero-order valence-electron chi connectivity index (χ0n) is 23.1. The summed E-state index contributed by atoms with van der Waals surface area (Å²) in [6.07, 6.45) is -5.58. The minimum atomic E-state index is -1.76. The molecular formula is C31H28O13. The number of fused-ring (bicyclic) bond motifs is 1. The van der Waals surface area contributed by atoms with Crippen molar-refractivity contribution in [3.63, 3.8) is 0 Å². The summed E-state index contributed by atoms with van der Waals surface area (Å²) in [6.45, 7) is -0.527. The van der Waals surface area contributed by atoms with Gasteiger partial charge >= 0.3 is 5.97 Å². The van der Waals surface area contributed by atoms with Gasteiger partial charge in [0.25, 0.3) is 0 Å². The quantitative estimate of drug-likeness (QED) is 0.125. The lowest BCUT2D eigenvalue weighted by Gasteiger charge is -2.39. The molecule has 6 N–H and O–H groups in total. The molecule has 1 aromatic heterocycles. The lowest BCUT2D eigenvalue weighted by Crippen LogP contribution is -2.60. The van der Waals surface area contributed by atoms with Gasteiger partial charge in [-0.15, -0.1) is 0 Å². The van der Waals surface area contributed by atoms with Gasteiger partial charge in [0, 0.05) is 29.8 Å². The number of phenolic OH excluding ortho intramolecular Hbond substituents is 3. The van der Waals surface area contributed by atoms with Crippen molar-refractivity contribution in [1.29, 1.82) is 0 Å². The van der Waals surface area contributed by atoms with Crippen LogP contribution in [0.5, 0.6) is 28.7 Å². The molecule has 5 unspecified atom stereocenters. The summed E-state index contributed by atoms with van der Waals surface area (Å²) in [5, 5.41) is 61.0. The molecule has 0 spiro atoms. The van der Waals surface area contributed by atoms with E-state index in [4.69, 9.17) is 23.4 Å². The number of aliphatic hydroxyl groups excluding tert-OH is 3. The Morgan fingerprint density at radius 2 is 1.66 bits per heavy atom. The van der Waals surface area contributed by atoms with E-state index >= 15 is 0 Å². The molecule has 13 heteroatoms. The molecule has 13 nitrogen and oxygen atoms in total. The molecule has 1 fully saturated rings. The second-order valence-corrected chi connectivity index (χ2v) is 9.86. The van der Waals surface area contributed by atoms with Gasteiger partial charge in [0.15, 0.2) is 16.9 Å². The van der Waals surface area contributed by atoms with E-state index < -0.39 is 54.5 Å². The molecule has 230 valence electrons. The van der Waals surface area contributed by atoms with Crippen molar-refractivity contribution in [3.05, 3.63) is 82.5 Å². The van der Waals surface area contributed by atoms with E-state index in [9.17, 15) is 40.2 Å². The number of rotatable bonds is 8. The van der Waals surface area contributed by atoms with Crippen molar-refractivity contribution in [2.75, 3.05) is 13.7 Å². The van der Waals surface area contributed by atoms with Crippen molar-refractivity contribution in [2.24, 2.45) is 0 Å². The van der Waals surface area contributed by atoms with Gasteiger partial charge in [-0.25, -0.2) is 4.79 Å². The number of aromatic hydroxyl groups is 3. The van der Waals surface area contributed by atoms with Crippen LogP contribution in [0, 0.1) is 0 Å². The standard InChI is InChI=1S/C31H28O13/c1-40-23-10-15(2-8-19(23)33)3-9-26(36)41-14-25-28(37)29(38)30(39)31(44-25)42-18-11-20(34)27-21(35)13-22(43-24(27)12-18)16-4-6-17(32)7-5-16/h2-13,25,28-34,37-39H,14H2,1H3. The fraction of sp³-hybridized carbons (Fsp3) is 0.226. The lowest BCUT2D eigenvalue weighted by atomic mass is 9.99. The molecular weight excluding hydrogens is 580 g/mol. The second kappa shape index (κ2) is 12.7. The first kappa shape index (κ1) is 30.4. The summed E-state index contributed by atoms with van der Waals surface area (Å²) in [5.41, 5.74) is 0.393. The van der Waals surface area contributed by atoms with Crippen LogP contribution in [0.2, 0.25) is 0 Å². The summed E-state index contributed by atoms with van der Waals surface area (Å²) >= 11 is 0. The van der Waals surface area contributed by atoms with Crippen molar-refractivity contribution < 1.29 is 58.8 Å². The van der Waals surface area contributed by atoms with Crippen molar-refractivity contribution in [2.45, 2.75) is 30.7 Å². The fourth-order valence-corrected chi connectivity index (χ4v) is 4.54. The molecule has 0 aliphatic carbocycles. The third-order valence-electron chi connectivity index (χ3n) is 6.86. The highest BCUT2D eigenvalue weighted by Crippen LogP contribution is 2.33. The molecule has 2 heterocycles. The second-order valence-electron chi connectivity index (χ2n) is 9.86. The number of methoxy groups -OCH3 is 1. The van der Waals surface area contributed by atoms with Crippen LogP contribution in [0.25, 0.3) is 28.4 Å². The van der Waals surface area contributed by atoms with E-state index in [-0.39, 0.29) is 39.7 Å². The van der Waals surface area contributed by atoms with Crippen LogP contribution >= 0.6 is 0 Å². The summed E-state index contributed by atoms with van der Waals surface area (Å²) in [6, 6.07) is 13.9. The van der Waals surface area contributed by atoms with Gasteiger partial charge < -0.3 is 54.0 Å². The fourth-order valence-electron chi connectivity index (χ4n) is 4.54. The van der Waals surface area contributed by atoms with Crippen molar-refractivity contribution >= 4 is 23.0 Å². The number of hydrogen-bond donors (Lipinski definition) is 6. The number of esters is 1. The molecule has 5 atom stereocenters. The average Bonchev–Trinajstić information content (AvgIpc) is 3.00. The van der Waals surface area contributed by atoms with Gasteiger partial charge in [-0.2, -0.15) is 0 Å². The number of carbonyl (C=O) groups excluding carboxylic acids is 1. The third kappa shape index (κ3) is 6.45. The predicted molar refractivity (Wildman–Crippen MR) is 153 cm³/mol. The Hall–Kier alpha value is -5.08. The zero-order chi connectivity index (χ0) is 31.5. The molecule has 3 aromatic carbocycles. The van der Waals surface area contributed by atoms with Gasteiger partial charge in [-0.1, -0.05) is 6.07 Å². The minimum Gasteiger partial charge on any atom is -0.508 e. The molecule has 0 radical (unpaired) electrons. The normalized spacial score (nSPS) is 21.8. The summed E-state index contributed by atoms with van der Waals surface area (Å²) in [5.74, 6) is -1.12. The largest absolute Gasteiger partial charge is 0.508 e. The Kier molecular flexibility index (Phi) is 8.73. The van der Waals surface area contributed by atoms with E-state index in [1.165, 1.54) is 61.7 Å². The number of ether oxygens (including phenoxy) is 4. The number of carbonyl (C=O) groups is 1. The highest BCUT2D eigenvalue weighted by Gasteiger charge is 2.45. The predicted octanol–water partition coefficient (Wildman–Crippen LogP) is 2.03. The highest BCUT2D eigenvalue weighted by atomic mass is 16.7. The van der Waals surface area contributed by atoms with E-state index in [0.717, 1.165) is 12.1 Å². The molecule has 1 aliphatic rings. The van der Waals surface area contributed by atoms with Gasteiger partial charge in [0.1, 0.15) is 65.0 Å². The molecule has 0 amide bonds. The molecule has 44 heavy (non-hydrogen) atoms. The van der Waals surface area contributed by atoms with Crippen LogP contribution in [0.15, 0.2) is 76.0 Å². The van der Waals surface area contributed by atoms with Crippen molar-refractivity contribution in [3.8, 4) is 40.1 Å². The first-order chi connectivity index (χ1) is 21.0. The molecule has 1 saturated heterocycles. The maximum atomic E-state index is 12.7. The van der Waals surface area contributed by atoms with E-state index in [2.05, 4.69) is 0 Å². The van der Waals surface area contributed by atoms with E-state index in [1.807, 2.05) is 0 Å². The lowest BCUT2D eigenvalue weighted by molar-refractivity contribution is -0.278. The molecule has 4 aromatic rings. The monoisotopic (exact) mass is 608 g/mol. The minimum absolute atomic E-state index is 0.0169. The van der Waals surface area contributed by atoms with Crippen LogP contribution in [-0.4, -0.2) is 81.0 Å². The maximum absolute atomic E-state index is 12.7. The van der Waals surface area contributed by atoms with Crippen molar-refractivity contribution in [1.82, 2.24) is 0 Å². The summed E-state index contributed by atoms with van der Waals surface area (Å²) < 4.78 is 27.2. The zero-order valence-corrected chi connectivity index (χ0v) is 23.1. The van der Waals surface area contributed by atoms with Crippen LogP contribution < -0.4 is 14.9 Å². The molecule has 1 aliphatic heterocycles. The smallest absolute Gasteiger partial charge is 0.330 e. The van der Waals surface area contributed by atoms with E-state index in [0.29, 0.717) is 11.1 Å². The third-order valence-corrected chi connectivity index (χ3v) is 6.86. The Bertz CT molecular complexity index is 1740. The SMILES string of the molecule is COc1cc(C=CC(=O)OCC2OC(Oc3cc(O)c4c(=O)cc(-c5ccc(O)cc5)oc4c3)C(O)C(O)C2O)ccc1O. The number of aliphatic hydroxyl groups is 3. The molecule has 0 bridgehead atoms. The Morgan fingerprint density at radius 3 is 2.39 bits per heavy atom. The number of phenols is 3. The van der Waals surface area contributed by atoms with Crippen LogP contribution in [0.4, 0.5) is 0 Å². The first-order valence-electron chi connectivity index (χ1n) is 13.2. The van der Waals surface area contributed by atoms with Gasteiger partial charge in [0.05, 0.1) is 7.11 Å². The van der Waals surface area contributed by atoms with Crippen LogP contribution in [-0.2, 0) is 14.3 Å². The Labute approximate surface area is 249 Å². The number of benzene rings is 3.